The molecule has 0 heterocycles. The van der Waals surface area contributed by atoms with Crippen molar-refractivity contribution in [1.82, 2.24) is 5.32 Å². The SMILES string of the molecule is CC1CCCC(NC(=O)CCCO)C1C. The second-order valence-electron chi connectivity index (χ2n) is 4.77. The summed E-state index contributed by atoms with van der Waals surface area (Å²) in [6.45, 7) is 4.58. The molecule has 3 atom stereocenters. The Bertz CT molecular complexity index is 206. The lowest BCUT2D eigenvalue weighted by atomic mass is 9.78. The van der Waals surface area contributed by atoms with Crippen LogP contribution in [-0.4, -0.2) is 23.7 Å². The standard InChI is InChI=1S/C12H23NO2/c1-9-5-3-6-11(10(9)2)13-12(15)7-4-8-14/h9-11,14H,3-8H2,1-2H3,(H,13,15). The van der Waals surface area contributed by atoms with E-state index in [4.69, 9.17) is 5.11 Å². The normalized spacial score (nSPS) is 31.3. The van der Waals surface area contributed by atoms with Crippen molar-refractivity contribution in [2.75, 3.05) is 6.61 Å². The van der Waals surface area contributed by atoms with Crippen LogP contribution < -0.4 is 5.32 Å². The minimum absolute atomic E-state index is 0.0926. The van der Waals surface area contributed by atoms with Crippen LogP contribution in [0.25, 0.3) is 0 Å². The number of nitrogens with one attached hydrogen (secondary N) is 1. The van der Waals surface area contributed by atoms with Gasteiger partial charge in [-0.2, -0.15) is 0 Å². The molecule has 0 spiro atoms. The summed E-state index contributed by atoms with van der Waals surface area (Å²) >= 11 is 0. The molecular weight excluding hydrogens is 190 g/mol. The molecule has 0 aliphatic heterocycles. The fraction of sp³-hybridized carbons (Fsp3) is 0.917. The van der Waals surface area contributed by atoms with Gasteiger partial charge in [0.25, 0.3) is 0 Å². The minimum atomic E-state index is 0.0926. The topological polar surface area (TPSA) is 49.3 Å². The Morgan fingerprint density at radius 2 is 2.13 bits per heavy atom. The summed E-state index contributed by atoms with van der Waals surface area (Å²) in [5.41, 5.74) is 0. The fourth-order valence-electron chi connectivity index (χ4n) is 2.30. The van der Waals surface area contributed by atoms with Crippen LogP contribution in [0, 0.1) is 11.8 Å². The van der Waals surface area contributed by atoms with Crippen molar-refractivity contribution >= 4 is 5.91 Å². The molecule has 1 aliphatic rings. The number of hydrogen-bond donors (Lipinski definition) is 2. The summed E-state index contributed by atoms with van der Waals surface area (Å²) in [5, 5.41) is 11.7. The second kappa shape index (κ2) is 6.11. The number of aliphatic hydroxyl groups is 1. The molecule has 1 aliphatic carbocycles. The predicted octanol–water partition coefficient (Wildman–Crippen LogP) is 1.70. The van der Waals surface area contributed by atoms with E-state index in [1.54, 1.807) is 0 Å². The molecule has 0 aromatic rings. The van der Waals surface area contributed by atoms with Gasteiger partial charge in [-0.25, -0.2) is 0 Å². The van der Waals surface area contributed by atoms with Gasteiger partial charge in [0.1, 0.15) is 0 Å². The van der Waals surface area contributed by atoms with Gasteiger partial charge in [-0.05, 0) is 24.7 Å². The number of carbonyl (C=O) groups excluding carboxylic acids is 1. The fourth-order valence-corrected chi connectivity index (χ4v) is 2.30. The van der Waals surface area contributed by atoms with Crippen molar-refractivity contribution in [2.24, 2.45) is 11.8 Å². The first-order chi connectivity index (χ1) is 7.15. The second-order valence-corrected chi connectivity index (χ2v) is 4.77. The van der Waals surface area contributed by atoms with Crippen molar-refractivity contribution in [1.29, 1.82) is 0 Å². The van der Waals surface area contributed by atoms with E-state index >= 15 is 0 Å². The Hall–Kier alpha value is -0.570. The lowest BCUT2D eigenvalue weighted by molar-refractivity contribution is -0.122. The van der Waals surface area contributed by atoms with E-state index in [1.807, 2.05) is 0 Å². The third-order valence-corrected chi connectivity index (χ3v) is 3.62. The van der Waals surface area contributed by atoms with Crippen molar-refractivity contribution < 1.29 is 9.90 Å². The summed E-state index contributed by atoms with van der Waals surface area (Å²) < 4.78 is 0. The Morgan fingerprint density at radius 1 is 1.40 bits per heavy atom. The molecule has 1 saturated carbocycles. The highest BCUT2D eigenvalue weighted by Crippen LogP contribution is 2.29. The first kappa shape index (κ1) is 12.5. The van der Waals surface area contributed by atoms with Crippen LogP contribution in [-0.2, 0) is 4.79 Å². The van der Waals surface area contributed by atoms with E-state index in [0.29, 0.717) is 30.7 Å². The third-order valence-electron chi connectivity index (χ3n) is 3.62. The minimum Gasteiger partial charge on any atom is -0.396 e. The Morgan fingerprint density at radius 3 is 2.80 bits per heavy atom. The van der Waals surface area contributed by atoms with Gasteiger partial charge in [0.2, 0.25) is 5.91 Å². The van der Waals surface area contributed by atoms with Crippen LogP contribution in [0.1, 0.15) is 46.0 Å². The Kier molecular flexibility index (Phi) is 5.09. The number of hydrogen-bond acceptors (Lipinski definition) is 2. The molecule has 1 fully saturated rings. The summed E-state index contributed by atoms with van der Waals surface area (Å²) in [4.78, 5) is 11.5. The van der Waals surface area contributed by atoms with Crippen LogP contribution in [0.5, 0.6) is 0 Å². The molecule has 0 bridgehead atoms. The van der Waals surface area contributed by atoms with Crippen molar-refractivity contribution in [3.05, 3.63) is 0 Å². The number of carbonyl (C=O) groups is 1. The summed E-state index contributed by atoms with van der Waals surface area (Å²) in [6, 6.07) is 0.347. The molecule has 3 heteroatoms. The molecule has 0 radical (unpaired) electrons. The van der Waals surface area contributed by atoms with E-state index in [1.165, 1.54) is 12.8 Å². The van der Waals surface area contributed by atoms with Gasteiger partial charge in [0, 0.05) is 19.1 Å². The lowest BCUT2D eigenvalue weighted by Gasteiger charge is -2.34. The van der Waals surface area contributed by atoms with Crippen LogP contribution >= 0.6 is 0 Å². The molecule has 0 aromatic heterocycles. The first-order valence-corrected chi connectivity index (χ1v) is 6.05. The molecular formula is C12H23NO2. The van der Waals surface area contributed by atoms with Crippen molar-refractivity contribution in [3.8, 4) is 0 Å². The first-order valence-electron chi connectivity index (χ1n) is 6.05. The zero-order chi connectivity index (χ0) is 11.3. The van der Waals surface area contributed by atoms with E-state index in [0.717, 1.165) is 6.42 Å². The van der Waals surface area contributed by atoms with E-state index in [2.05, 4.69) is 19.2 Å². The summed E-state index contributed by atoms with van der Waals surface area (Å²) in [6.07, 6.45) is 4.63. The van der Waals surface area contributed by atoms with E-state index < -0.39 is 0 Å². The third kappa shape index (κ3) is 3.82. The van der Waals surface area contributed by atoms with Gasteiger partial charge in [0.05, 0.1) is 0 Å². The molecule has 0 saturated heterocycles. The number of aliphatic hydroxyl groups excluding tert-OH is 1. The lowest BCUT2D eigenvalue weighted by Crippen LogP contribution is -2.43. The molecule has 3 nitrogen and oxygen atoms in total. The highest BCUT2D eigenvalue weighted by Gasteiger charge is 2.27. The highest BCUT2D eigenvalue weighted by atomic mass is 16.3. The maximum Gasteiger partial charge on any atom is 0.220 e. The van der Waals surface area contributed by atoms with Crippen molar-refractivity contribution in [2.45, 2.75) is 52.0 Å². The summed E-state index contributed by atoms with van der Waals surface area (Å²) in [7, 11) is 0. The van der Waals surface area contributed by atoms with Crippen molar-refractivity contribution in [3.63, 3.8) is 0 Å². The average Bonchev–Trinajstić information content (AvgIpc) is 2.22. The molecule has 1 rings (SSSR count). The van der Waals surface area contributed by atoms with Crippen LogP contribution in [0.4, 0.5) is 0 Å². The monoisotopic (exact) mass is 213 g/mol. The van der Waals surface area contributed by atoms with E-state index in [-0.39, 0.29) is 12.5 Å². The Balaban J connectivity index is 2.33. The smallest absolute Gasteiger partial charge is 0.220 e. The zero-order valence-corrected chi connectivity index (χ0v) is 9.83. The van der Waals surface area contributed by atoms with Gasteiger partial charge in [-0.15, -0.1) is 0 Å². The van der Waals surface area contributed by atoms with Gasteiger partial charge in [-0.1, -0.05) is 26.7 Å². The molecule has 88 valence electrons. The summed E-state index contributed by atoms with van der Waals surface area (Å²) in [5.74, 6) is 1.38. The molecule has 15 heavy (non-hydrogen) atoms. The van der Waals surface area contributed by atoms with Gasteiger partial charge < -0.3 is 10.4 Å². The molecule has 0 aromatic carbocycles. The predicted molar refractivity (Wildman–Crippen MR) is 60.4 cm³/mol. The maximum absolute atomic E-state index is 11.5. The quantitative estimate of drug-likeness (QED) is 0.746. The maximum atomic E-state index is 11.5. The molecule has 3 unspecified atom stereocenters. The van der Waals surface area contributed by atoms with Crippen LogP contribution in [0.2, 0.25) is 0 Å². The van der Waals surface area contributed by atoms with Gasteiger partial charge in [-0.3, -0.25) is 4.79 Å². The molecule has 1 amide bonds. The van der Waals surface area contributed by atoms with Gasteiger partial charge in [0.15, 0.2) is 0 Å². The number of amides is 1. The van der Waals surface area contributed by atoms with Gasteiger partial charge >= 0.3 is 0 Å². The average molecular weight is 213 g/mol. The van der Waals surface area contributed by atoms with Crippen LogP contribution in [0.3, 0.4) is 0 Å². The molecule has 2 N–H and O–H groups in total. The van der Waals surface area contributed by atoms with E-state index in [9.17, 15) is 4.79 Å². The highest BCUT2D eigenvalue weighted by molar-refractivity contribution is 5.76. The van der Waals surface area contributed by atoms with Crippen LogP contribution in [0.15, 0.2) is 0 Å². The largest absolute Gasteiger partial charge is 0.396 e. The zero-order valence-electron chi connectivity index (χ0n) is 9.83. The number of rotatable bonds is 4. The Labute approximate surface area is 92.3 Å².